The summed E-state index contributed by atoms with van der Waals surface area (Å²) < 4.78 is 0.988. The Balaban J connectivity index is 3.13. The Labute approximate surface area is 52.4 Å². The Bertz CT molecular complexity index is 74.1. The van der Waals surface area contributed by atoms with Crippen molar-refractivity contribution < 1.29 is 9.90 Å². The zero-order valence-corrected chi connectivity index (χ0v) is 5.19. The van der Waals surface area contributed by atoms with E-state index in [0.717, 1.165) is 3.71 Å². The third-order valence-electron chi connectivity index (χ3n) is 0.277. The molecule has 5 heteroatoms. The van der Waals surface area contributed by atoms with Gasteiger partial charge in [0.05, 0.1) is 0 Å². The Morgan fingerprint density at radius 2 is 2.14 bits per heavy atom. The third-order valence-corrected chi connectivity index (χ3v) is 0.560. The van der Waals surface area contributed by atoms with Crippen LogP contribution in [0.2, 0.25) is 0 Å². The molecule has 0 saturated heterocycles. The van der Waals surface area contributed by atoms with E-state index in [1.165, 1.54) is 0 Å². The molecule has 0 rings (SSSR count). The molecular weight excluding hydrogens is 134 g/mol. The summed E-state index contributed by atoms with van der Waals surface area (Å²) in [6.45, 7) is -0.160. The van der Waals surface area contributed by atoms with Gasteiger partial charge in [0.1, 0.15) is 6.54 Å². The van der Waals surface area contributed by atoms with Crippen LogP contribution in [0.1, 0.15) is 0 Å². The second kappa shape index (κ2) is 3.17. The summed E-state index contributed by atoms with van der Waals surface area (Å²) in [6, 6.07) is 0. The molecule has 0 radical (unpaired) electrons. The number of nitrogens with zero attached hydrogens (tertiary/aromatic N) is 1. The van der Waals surface area contributed by atoms with Crippen molar-refractivity contribution >= 4 is 31.6 Å². The minimum atomic E-state index is -0.940. The number of hydrogen-bond donors (Lipinski definition) is 3. The Kier molecular flexibility index (Phi) is 3.23. The molecular formula is C2H5NO2S2. The van der Waals surface area contributed by atoms with E-state index >= 15 is 0 Å². The van der Waals surface area contributed by atoms with Crippen LogP contribution >= 0.6 is 25.6 Å². The minimum Gasteiger partial charge on any atom is -0.480 e. The van der Waals surface area contributed by atoms with Crippen molar-refractivity contribution in [1.82, 2.24) is 3.71 Å². The Hall–Kier alpha value is 0.130. The van der Waals surface area contributed by atoms with E-state index in [0.29, 0.717) is 0 Å². The van der Waals surface area contributed by atoms with Gasteiger partial charge in [0.2, 0.25) is 0 Å². The van der Waals surface area contributed by atoms with E-state index in [-0.39, 0.29) is 6.54 Å². The van der Waals surface area contributed by atoms with Gasteiger partial charge in [-0.2, -0.15) is 3.71 Å². The summed E-state index contributed by atoms with van der Waals surface area (Å²) in [5.41, 5.74) is 0. The summed E-state index contributed by atoms with van der Waals surface area (Å²) >= 11 is 7.11. The van der Waals surface area contributed by atoms with Gasteiger partial charge in [0, 0.05) is 0 Å². The lowest BCUT2D eigenvalue weighted by atomic mass is 10.7. The van der Waals surface area contributed by atoms with E-state index in [4.69, 9.17) is 5.11 Å². The predicted molar refractivity (Wildman–Crippen MR) is 32.3 cm³/mol. The first kappa shape index (κ1) is 7.13. The number of carboxylic acids is 1. The predicted octanol–water partition coefficient (Wildman–Crippen LogP) is 0.0626. The highest BCUT2D eigenvalue weighted by Crippen LogP contribution is 1.93. The molecule has 7 heavy (non-hydrogen) atoms. The van der Waals surface area contributed by atoms with Gasteiger partial charge >= 0.3 is 5.97 Å². The standard InChI is InChI=1S/C2H5NO2S2/c4-2(5)1-3(6)7/h6-7H,1H2,(H,4,5). The zero-order chi connectivity index (χ0) is 5.86. The first-order valence-electron chi connectivity index (χ1n) is 1.50. The van der Waals surface area contributed by atoms with Gasteiger partial charge in [-0.05, 0) is 0 Å². The molecule has 0 saturated carbocycles. The lowest BCUT2D eigenvalue weighted by Crippen LogP contribution is -2.11. The van der Waals surface area contributed by atoms with Crippen molar-refractivity contribution in [3.05, 3.63) is 0 Å². The van der Waals surface area contributed by atoms with Crippen molar-refractivity contribution in [2.24, 2.45) is 0 Å². The number of rotatable bonds is 2. The largest absolute Gasteiger partial charge is 0.480 e. The average molecular weight is 139 g/mol. The maximum atomic E-state index is 9.67. The van der Waals surface area contributed by atoms with E-state index in [9.17, 15) is 4.79 Å². The number of carboxylic acid groups (broad SMARTS) is 1. The van der Waals surface area contributed by atoms with Crippen molar-refractivity contribution in [2.75, 3.05) is 6.54 Å². The summed E-state index contributed by atoms with van der Waals surface area (Å²) in [4.78, 5) is 9.67. The fourth-order valence-corrected chi connectivity index (χ4v) is 0.363. The number of hydrogen-bond acceptors (Lipinski definition) is 4. The summed E-state index contributed by atoms with van der Waals surface area (Å²) in [7, 11) is 0. The molecule has 1 N–H and O–H groups in total. The second-order valence-electron chi connectivity index (χ2n) is 0.924. The van der Waals surface area contributed by atoms with Crippen LogP contribution in [-0.4, -0.2) is 21.3 Å². The lowest BCUT2D eigenvalue weighted by molar-refractivity contribution is -0.136. The minimum absolute atomic E-state index is 0.160. The first-order chi connectivity index (χ1) is 3.13. The quantitative estimate of drug-likeness (QED) is 0.474. The van der Waals surface area contributed by atoms with Gasteiger partial charge in [0.25, 0.3) is 0 Å². The molecule has 0 unspecified atom stereocenters. The van der Waals surface area contributed by atoms with E-state index in [2.05, 4.69) is 25.6 Å². The Morgan fingerprint density at radius 1 is 1.71 bits per heavy atom. The van der Waals surface area contributed by atoms with Crippen LogP contribution in [0.15, 0.2) is 0 Å². The topological polar surface area (TPSA) is 40.5 Å². The maximum Gasteiger partial charge on any atom is 0.319 e. The van der Waals surface area contributed by atoms with Crippen LogP contribution in [0.5, 0.6) is 0 Å². The maximum absolute atomic E-state index is 9.67. The molecule has 0 aromatic carbocycles. The molecule has 0 heterocycles. The monoisotopic (exact) mass is 139 g/mol. The first-order valence-corrected chi connectivity index (χ1v) is 2.30. The van der Waals surface area contributed by atoms with Gasteiger partial charge < -0.3 is 5.11 Å². The molecule has 0 atom stereocenters. The molecule has 0 aromatic rings. The van der Waals surface area contributed by atoms with Gasteiger partial charge in [-0.1, -0.05) is 25.6 Å². The van der Waals surface area contributed by atoms with E-state index < -0.39 is 5.97 Å². The average Bonchev–Trinajstić information content (AvgIpc) is 1.27. The molecule has 0 aliphatic heterocycles. The molecule has 0 aliphatic carbocycles. The molecule has 0 aromatic heterocycles. The smallest absolute Gasteiger partial charge is 0.319 e. The highest BCUT2D eigenvalue weighted by atomic mass is 32.2. The van der Waals surface area contributed by atoms with E-state index in [1.807, 2.05) is 0 Å². The van der Waals surface area contributed by atoms with E-state index in [1.54, 1.807) is 0 Å². The van der Waals surface area contributed by atoms with Crippen LogP contribution in [-0.2, 0) is 4.79 Å². The van der Waals surface area contributed by atoms with Gasteiger partial charge in [-0.15, -0.1) is 0 Å². The third kappa shape index (κ3) is 6.13. The fourth-order valence-electron chi connectivity index (χ4n) is 0.121. The second-order valence-corrected chi connectivity index (χ2v) is 2.21. The zero-order valence-electron chi connectivity index (χ0n) is 3.40. The molecule has 0 bridgehead atoms. The molecule has 3 nitrogen and oxygen atoms in total. The SMILES string of the molecule is O=C(O)CN(S)S. The molecule has 0 fully saturated rings. The number of aliphatic carboxylic acids is 1. The van der Waals surface area contributed by atoms with Crippen LogP contribution in [0.4, 0.5) is 0 Å². The number of carbonyl (C=O) groups is 1. The van der Waals surface area contributed by atoms with Crippen molar-refractivity contribution in [3.8, 4) is 0 Å². The summed E-state index contributed by atoms with van der Waals surface area (Å²) in [5, 5.41) is 7.94. The lowest BCUT2D eigenvalue weighted by Gasteiger charge is -1.98. The van der Waals surface area contributed by atoms with Gasteiger partial charge in [0.15, 0.2) is 0 Å². The van der Waals surface area contributed by atoms with Crippen molar-refractivity contribution in [2.45, 2.75) is 0 Å². The van der Waals surface area contributed by atoms with Gasteiger partial charge in [-0.25, -0.2) is 0 Å². The fraction of sp³-hybridized carbons (Fsp3) is 0.500. The normalized spacial score (nSPS) is 9.57. The summed E-state index contributed by atoms with van der Waals surface area (Å²) in [5.74, 6) is -0.940. The van der Waals surface area contributed by atoms with Crippen LogP contribution in [0.3, 0.4) is 0 Å². The van der Waals surface area contributed by atoms with Crippen molar-refractivity contribution in [3.63, 3.8) is 0 Å². The highest BCUT2D eigenvalue weighted by molar-refractivity contribution is 7.93. The van der Waals surface area contributed by atoms with Gasteiger partial charge in [-0.3, -0.25) is 4.79 Å². The summed E-state index contributed by atoms with van der Waals surface area (Å²) in [6.07, 6.45) is 0. The highest BCUT2D eigenvalue weighted by Gasteiger charge is 1.96. The molecule has 0 aliphatic rings. The number of thiol groups is 2. The molecule has 0 spiro atoms. The Morgan fingerprint density at radius 3 is 2.14 bits per heavy atom. The van der Waals surface area contributed by atoms with Crippen LogP contribution in [0.25, 0.3) is 0 Å². The van der Waals surface area contributed by atoms with Crippen LogP contribution < -0.4 is 0 Å². The van der Waals surface area contributed by atoms with Crippen molar-refractivity contribution in [1.29, 1.82) is 0 Å². The van der Waals surface area contributed by atoms with Crippen LogP contribution in [0, 0.1) is 0 Å². The molecule has 0 amide bonds. The molecule has 42 valence electrons.